The van der Waals surface area contributed by atoms with Gasteiger partial charge in [-0.2, -0.15) is 10.4 Å². The number of carbonyl (C=O) groups excluding carboxylic acids is 2. The lowest BCUT2D eigenvalue weighted by molar-refractivity contribution is 0.0992. The smallest absolute Gasteiger partial charge is 0.315 e. The minimum Gasteiger partial charge on any atom is -0.365 e. The first kappa shape index (κ1) is 22.6. The van der Waals surface area contributed by atoms with Crippen LogP contribution in [0.25, 0.3) is 11.3 Å². The van der Waals surface area contributed by atoms with E-state index in [9.17, 15) is 14.0 Å². The van der Waals surface area contributed by atoms with Gasteiger partial charge in [0.15, 0.2) is 0 Å². The minimum absolute atomic E-state index is 0.00662. The van der Waals surface area contributed by atoms with Crippen LogP contribution in [0.3, 0.4) is 0 Å². The fourth-order valence-corrected chi connectivity index (χ4v) is 4.34. The summed E-state index contributed by atoms with van der Waals surface area (Å²) in [5.41, 5.74) is 13.2. The molecule has 0 saturated carbocycles. The molecule has 2 aromatic carbocycles. The van der Waals surface area contributed by atoms with E-state index in [1.54, 1.807) is 36.4 Å². The van der Waals surface area contributed by atoms with E-state index in [1.165, 1.54) is 15.6 Å². The topological polar surface area (TPSA) is 131 Å². The summed E-state index contributed by atoms with van der Waals surface area (Å²) in [5, 5.41) is 14.2. The number of alkyl halides is 1. The Kier molecular flexibility index (Phi) is 5.97. The summed E-state index contributed by atoms with van der Waals surface area (Å²) in [6, 6.07) is 10.5. The van der Waals surface area contributed by atoms with Crippen molar-refractivity contribution in [1.29, 1.82) is 5.26 Å². The maximum absolute atomic E-state index is 14.1. The Bertz CT molecular complexity index is 1300. The number of primary amides is 2. The van der Waals surface area contributed by atoms with Gasteiger partial charge >= 0.3 is 6.03 Å². The molecule has 1 aromatic heterocycles. The molecular formula is C22H17Cl2FN6O2. The number of fused-ring (bicyclic) bond motifs is 1. The van der Waals surface area contributed by atoms with Crippen molar-refractivity contribution in [2.45, 2.75) is 12.1 Å². The SMILES string of the molecule is N#Cc1ccc(C2c3c(C(N)=O)c(-c4ccc(Cl)c(Cl)c4)nn3C(CF)CN2C(N)=O)cc1. The van der Waals surface area contributed by atoms with E-state index >= 15 is 0 Å². The Labute approximate surface area is 198 Å². The molecule has 3 amide bonds. The molecule has 0 fully saturated rings. The Morgan fingerprint density at radius 3 is 2.39 bits per heavy atom. The normalized spacial score (nSPS) is 17.3. The molecule has 2 atom stereocenters. The van der Waals surface area contributed by atoms with Crippen molar-refractivity contribution in [3.63, 3.8) is 0 Å². The molecule has 0 spiro atoms. The number of urea groups is 1. The standard InChI is InChI=1S/C22H17Cl2FN6O2/c23-15-6-5-13(7-16(15)24)18-17(21(27)32)20-19(12-3-1-11(9-26)2-4-12)30(22(28)33)10-14(8-25)31(20)29-18/h1-7,14,19H,8,10H2,(H2,27,32)(H2,28,33). The molecule has 2 unspecified atom stereocenters. The van der Waals surface area contributed by atoms with Gasteiger partial charge in [-0.1, -0.05) is 41.4 Å². The first-order chi connectivity index (χ1) is 15.8. The molecule has 0 radical (unpaired) electrons. The van der Waals surface area contributed by atoms with Gasteiger partial charge in [-0.3, -0.25) is 9.48 Å². The van der Waals surface area contributed by atoms with Crippen molar-refractivity contribution in [2.75, 3.05) is 13.2 Å². The van der Waals surface area contributed by atoms with Gasteiger partial charge in [0.05, 0.1) is 39.0 Å². The van der Waals surface area contributed by atoms with Crippen LogP contribution in [-0.2, 0) is 0 Å². The Hall–Kier alpha value is -3.61. The van der Waals surface area contributed by atoms with Crippen LogP contribution in [0.15, 0.2) is 42.5 Å². The van der Waals surface area contributed by atoms with Crippen molar-refractivity contribution in [2.24, 2.45) is 11.5 Å². The number of aromatic nitrogens is 2. The second kappa shape index (κ2) is 8.73. The average molecular weight is 487 g/mol. The number of nitrogens with zero attached hydrogens (tertiary/aromatic N) is 4. The lowest BCUT2D eigenvalue weighted by Crippen LogP contribution is -2.48. The summed E-state index contributed by atoms with van der Waals surface area (Å²) >= 11 is 12.2. The van der Waals surface area contributed by atoms with Crippen LogP contribution in [-0.4, -0.2) is 39.8 Å². The van der Waals surface area contributed by atoms with Gasteiger partial charge in [0, 0.05) is 12.1 Å². The molecule has 0 aliphatic carbocycles. The maximum atomic E-state index is 14.1. The number of carbonyl (C=O) groups is 2. The molecule has 8 nitrogen and oxygen atoms in total. The molecule has 3 aromatic rings. The molecule has 0 bridgehead atoms. The van der Waals surface area contributed by atoms with Gasteiger partial charge in [0.2, 0.25) is 0 Å². The number of halogens is 3. The second-order valence-corrected chi connectivity index (χ2v) is 8.30. The first-order valence-electron chi connectivity index (χ1n) is 9.76. The zero-order valence-corrected chi connectivity index (χ0v) is 18.5. The molecule has 0 saturated heterocycles. The van der Waals surface area contributed by atoms with E-state index in [0.29, 0.717) is 21.7 Å². The zero-order valence-electron chi connectivity index (χ0n) is 17.0. The minimum atomic E-state index is -0.892. The maximum Gasteiger partial charge on any atom is 0.315 e. The fraction of sp³-hybridized carbons (Fsp3) is 0.182. The van der Waals surface area contributed by atoms with Crippen LogP contribution in [0.2, 0.25) is 10.0 Å². The number of amides is 3. The number of nitriles is 1. The van der Waals surface area contributed by atoms with Crippen LogP contribution < -0.4 is 11.5 Å². The van der Waals surface area contributed by atoms with Crippen LogP contribution in [0.1, 0.15) is 39.3 Å². The van der Waals surface area contributed by atoms with Crippen molar-refractivity contribution in [1.82, 2.24) is 14.7 Å². The number of hydrogen-bond donors (Lipinski definition) is 2. The highest BCUT2D eigenvalue weighted by Crippen LogP contribution is 2.41. The Morgan fingerprint density at radius 2 is 1.85 bits per heavy atom. The summed E-state index contributed by atoms with van der Waals surface area (Å²) in [6.45, 7) is -0.943. The number of benzene rings is 2. The van der Waals surface area contributed by atoms with E-state index in [0.717, 1.165) is 0 Å². The summed E-state index contributed by atoms with van der Waals surface area (Å²) in [5.74, 6) is -0.820. The Balaban J connectivity index is 2.02. The van der Waals surface area contributed by atoms with Gasteiger partial charge in [-0.15, -0.1) is 0 Å². The zero-order chi connectivity index (χ0) is 23.9. The van der Waals surface area contributed by atoms with Gasteiger partial charge in [-0.25, -0.2) is 9.18 Å². The molecule has 11 heteroatoms. The van der Waals surface area contributed by atoms with Crippen molar-refractivity contribution < 1.29 is 14.0 Å². The van der Waals surface area contributed by atoms with E-state index < -0.39 is 30.7 Å². The largest absolute Gasteiger partial charge is 0.365 e. The third-order valence-electron chi connectivity index (χ3n) is 5.53. The van der Waals surface area contributed by atoms with E-state index in [4.69, 9.17) is 39.9 Å². The quantitative estimate of drug-likeness (QED) is 0.579. The van der Waals surface area contributed by atoms with E-state index in [-0.39, 0.29) is 28.5 Å². The lowest BCUT2D eigenvalue weighted by Gasteiger charge is -2.39. The summed E-state index contributed by atoms with van der Waals surface area (Å²) in [6.07, 6.45) is 0. The van der Waals surface area contributed by atoms with Gasteiger partial charge in [0.1, 0.15) is 18.4 Å². The Morgan fingerprint density at radius 1 is 1.15 bits per heavy atom. The molecule has 2 heterocycles. The monoisotopic (exact) mass is 486 g/mol. The molecule has 1 aliphatic heterocycles. The molecule has 1 aliphatic rings. The molecule has 4 N–H and O–H groups in total. The molecule has 4 rings (SSSR count). The predicted octanol–water partition coefficient (Wildman–Crippen LogP) is 3.82. The highest BCUT2D eigenvalue weighted by atomic mass is 35.5. The number of nitrogens with two attached hydrogens (primary N) is 2. The summed E-state index contributed by atoms with van der Waals surface area (Å²) in [4.78, 5) is 26.3. The second-order valence-electron chi connectivity index (χ2n) is 7.48. The third kappa shape index (κ3) is 3.88. The van der Waals surface area contributed by atoms with Gasteiger partial charge < -0.3 is 16.4 Å². The number of hydrogen-bond acceptors (Lipinski definition) is 4. The van der Waals surface area contributed by atoms with Gasteiger partial charge in [-0.05, 0) is 29.8 Å². The summed E-state index contributed by atoms with van der Waals surface area (Å²) in [7, 11) is 0. The van der Waals surface area contributed by atoms with Crippen molar-refractivity contribution in [3.05, 3.63) is 74.9 Å². The van der Waals surface area contributed by atoms with Crippen LogP contribution >= 0.6 is 23.2 Å². The summed E-state index contributed by atoms with van der Waals surface area (Å²) < 4.78 is 15.4. The molecular weight excluding hydrogens is 470 g/mol. The van der Waals surface area contributed by atoms with E-state index in [2.05, 4.69) is 5.10 Å². The van der Waals surface area contributed by atoms with E-state index in [1.807, 2.05) is 6.07 Å². The van der Waals surface area contributed by atoms with Crippen molar-refractivity contribution >= 4 is 35.1 Å². The van der Waals surface area contributed by atoms with Crippen LogP contribution in [0, 0.1) is 11.3 Å². The molecule has 33 heavy (non-hydrogen) atoms. The highest BCUT2D eigenvalue weighted by molar-refractivity contribution is 6.42. The fourth-order valence-electron chi connectivity index (χ4n) is 4.04. The van der Waals surface area contributed by atoms with Gasteiger partial charge in [0.25, 0.3) is 5.91 Å². The predicted molar refractivity (Wildman–Crippen MR) is 121 cm³/mol. The lowest BCUT2D eigenvalue weighted by atomic mass is 9.93. The number of rotatable bonds is 4. The van der Waals surface area contributed by atoms with Crippen LogP contribution in [0.5, 0.6) is 0 Å². The first-order valence-corrected chi connectivity index (χ1v) is 10.5. The molecule has 168 valence electrons. The van der Waals surface area contributed by atoms with Crippen molar-refractivity contribution in [3.8, 4) is 17.3 Å². The average Bonchev–Trinajstić information content (AvgIpc) is 3.20. The third-order valence-corrected chi connectivity index (χ3v) is 6.27. The van der Waals surface area contributed by atoms with Crippen LogP contribution in [0.4, 0.5) is 9.18 Å². The highest BCUT2D eigenvalue weighted by Gasteiger charge is 2.41.